The second-order valence-electron chi connectivity index (χ2n) is 4.74. The number of rotatable bonds is 5. The smallest absolute Gasteiger partial charge is 0.290 e. The summed E-state index contributed by atoms with van der Waals surface area (Å²) in [5.74, 6) is 0. The minimum absolute atomic E-state index is 0.277. The summed E-state index contributed by atoms with van der Waals surface area (Å²) in [5, 5.41) is 22.4. The molecule has 1 N–H and O–H groups in total. The van der Waals surface area contributed by atoms with Gasteiger partial charge in [0.2, 0.25) is 0 Å². The molecular formula is C15H10N4O4S. The Labute approximate surface area is 139 Å². The Bertz CT molecular complexity index is 911. The van der Waals surface area contributed by atoms with Crippen molar-refractivity contribution in [2.75, 3.05) is 0 Å². The molecule has 0 saturated carbocycles. The second-order valence-corrected chi connectivity index (χ2v) is 5.77. The maximum atomic E-state index is 11.2. The van der Waals surface area contributed by atoms with E-state index in [0.717, 1.165) is 29.1 Å². The highest BCUT2D eigenvalue weighted by molar-refractivity contribution is 7.99. The summed E-state index contributed by atoms with van der Waals surface area (Å²) in [6.07, 6.45) is 1.63. The van der Waals surface area contributed by atoms with Crippen LogP contribution in [0.4, 0.5) is 11.4 Å². The Hall–Kier alpha value is -3.20. The van der Waals surface area contributed by atoms with E-state index in [1.54, 1.807) is 6.20 Å². The predicted octanol–water partition coefficient (Wildman–Crippen LogP) is 4.04. The molecule has 0 saturated heterocycles. The lowest BCUT2D eigenvalue weighted by Gasteiger charge is -2.01. The van der Waals surface area contributed by atoms with E-state index in [-0.39, 0.29) is 16.3 Å². The number of nitro benzene ring substituents is 2. The van der Waals surface area contributed by atoms with Crippen LogP contribution in [-0.4, -0.2) is 19.8 Å². The summed E-state index contributed by atoms with van der Waals surface area (Å²) >= 11 is 1.05. The number of imidazole rings is 1. The van der Waals surface area contributed by atoms with Gasteiger partial charge in [-0.3, -0.25) is 20.2 Å². The molecule has 0 unspecified atom stereocenters. The monoisotopic (exact) mass is 342 g/mol. The lowest BCUT2D eigenvalue weighted by atomic mass is 10.2. The molecule has 9 heteroatoms. The van der Waals surface area contributed by atoms with E-state index in [9.17, 15) is 20.2 Å². The first-order valence-corrected chi connectivity index (χ1v) is 7.57. The summed E-state index contributed by atoms with van der Waals surface area (Å²) in [7, 11) is 0. The number of H-pyrrole nitrogens is 1. The standard InChI is InChI=1S/C15H10N4O4S/c20-18(21)11-6-7-14(13(8-11)19(22)23)24-15-16-9-12(17-15)10-4-2-1-3-5-10/h1-9H,(H,16,17). The van der Waals surface area contributed by atoms with Gasteiger partial charge in [0, 0.05) is 6.07 Å². The van der Waals surface area contributed by atoms with Crippen LogP contribution in [0.15, 0.2) is 64.8 Å². The van der Waals surface area contributed by atoms with Gasteiger partial charge in [0.05, 0.1) is 32.7 Å². The van der Waals surface area contributed by atoms with Crippen LogP contribution >= 0.6 is 11.8 Å². The molecule has 2 aromatic carbocycles. The number of aromatic amines is 1. The van der Waals surface area contributed by atoms with Crippen molar-refractivity contribution in [3.8, 4) is 11.3 Å². The average molecular weight is 342 g/mol. The Morgan fingerprint density at radius 2 is 1.75 bits per heavy atom. The van der Waals surface area contributed by atoms with Crippen molar-refractivity contribution in [1.82, 2.24) is 9.97 Å². The van der Waals surface area contributed by atoms with E-state index in [1.807, 2.05) is 30.3 Å². The Morgan fingerprint density at radius 1 is 1.00 bits per heavy atom. The Kier molecular flexibility index (Phi) is 4.25. The third kappa shape index (κ3) is 3.25. The quantitative estimate of drug-likeness (QED) is 0.552. The molecule has 0 aliphatic carbocycles. The van der Waals surface area contributed by atoms with Gasteiger partial charge in [0.25, 0.3) is 11.4 Å². The molecule has 0 amide bonds. The number of aromatic nitrogens is 2. The van der Waals surface area contributed by atoms with Crippen molar-refractivity contribution in [3.05, 3.63) is 75.0 Å². The molecule has 0 atom stereocenters. The summed E-state index contributed by atoms with van der Waals surface area (Å²) in [6, 6.07) is 13.0. The van der Waals surface area contributed by atoms with Gasteiger partial charge < -0.3 is 4.98 Å². The van der Waals surface area contributed by atoms with Gasteiger partial charge in [0.15, 0.2) is 5.16 Å². The van der Waals surface area contributed by atoms with Gasteiger partial charge in [-0.2, -0.15) is 0 Å². The highest BCUT2D eigenvalue weighted by Crippen LogP contribution is 2.36. The molecule has 1 heterocycles. The fraction of sp³-hybridized carbons (Fsp3) is 0. The number of nitrogens with zero attached hydrogens (tertiary/aromatic N) is 3. The van der Waals surface area contributed by atoms with Gasteiger partial charge in [-0.1, -0.05) is 30.3 Å². The molecule has 0 fully saturated rings. The third-order valence-corrected chi connectivity index (χ3v) is 4.16. The number of benzene rings is 2. The fourth-order valence-corrected chi connectivity index (χ4v) is 2.92. The number of hydrogen-bond donors (Lipinski definition) is 1. The van der Waals surface area contributed by atoms with E-state index >= 15 is 0 Å². The normalized spacial score (nSPS) is 10.5. The van der Waals surface area contributed by atoms with Crippen molar-refractivity contribution < 1.29 is 9.85 Å². The zero-order chi connectivity index (χ0) is 17.1. The van der Waals surface area contributed by atoms with E-state index in [2.05, 4.69) is 9.97 Å². The maximum absolute atomic E-state index is 11.2. The summed E-state index contributed by atoms with van der Waals surface area (Å²) in [5.41, 5.74) is 1.07. The zero-order valence-electron chi connectivity index (χ0n) is 12.1. The second kappa shape index (κ2) is 6.50. The minimum atomic E-state index is -0.665. The van der Waals surface area contributed by atoms with Crippen LogP contribution in [0.25, 0.3) is 11.3 Å². The highest BCUT2D eigenvalue weighted by atomic mass is 32.2. The molecule has 0 aliphatic heterocycles. The van der Waals surface area contributed by atoms with Crippen molar-refractivity contribution >= 4 is 23.1 Å². The van der Waals surface area contributed by atoms with E-state index in [0.29, 0.717) is 5.16 Å². The van der Waals surface area contributed by atoms with Crippen LogP contribution in [0, 0.1) is 20.2 Å². The van der Waals surface area contributed by atoms with Gasteiger partial charge in [0.1, 0.15) is 0 Å². The van der Waals surface area contributed by atoms with Crippen molar-refractivity contribution in [1.29, 1.82) is 0 Å². The molecule has 0 aliphatic rings. The Morgan fingerprint density at radius 3 is 2.42 bits per heavy atom. The molecule has 0 spiro atoms. The lowest BCUT2D eigenvalue weighted by molar-refractivity contribution is -0.396. The van der Waals surface area contributed by atoms with Gasteiger partial charge in [-0.05, 0) is 23.4 Å². The molecule has 3 rings (SSSR count). The summed E-state index contributed by atoms with van der Waals surface area (Å²) < 4.78 is 0. The molecule has 24 heavy (non-hydrogen) atoms. The number of non-ortho nitro benzene ring substituents is 1. The molecular weight excluding hydrogens is 332 g/mol. The van der Waals surface area contributed by atoms with Crippen molar-refractivity contribution in [2.45, 2.75) is 10.1 Å². The van der Waals surface area contributed by atoms with Gasteiger partial charge in [-0.15, -0.1) is 0 Å². The van der Waals surface area contributed by atoms with Crippen molar-refractivity contribution in [3.63, 3.8) is 0 Å². The average Bonchev–Trinajstić information content (AvgIpc) is 3.04. The van der Waals surface area contributed by atoms with Crippen LogP contribution in [0.3, 0.4) is 0 Å². The molecule has 0 bridgehead atoms. The van der Waals surface area contributed by atoms with Gasteiger partial charge in [-0.25, -0.2) is 4.98 Å². The SMILES string of the molecule is O=[N+]([O-])c1ccc(Sc2ncc(-c3ccccc3)[nH]2)c([N+](=O)[O-])c1. The van der Waals surface area contributed by atoms with E-state index < -0.39 is 9.85 Å². The zero-order valence-corrected chi connectivity index (χ0v) is 12.9. The molecule has 1 aromatic heterocycles. The van der Waals surface area contributed by atoms with E-state index in [4.69, 9.17) is 0 Å². The minimum Gasteiger partial charge on any atom is -0.333 e. The molecule has 120 valence electrons. The Balaban J connectivity index is 1.90. The first-order chi connectivity index (χ1) is 11.5. The number of hydrogen-bond acceptors (Lipinski definition) is 6. The fourth-order valence-electron chi connectivity index (χ4n) is 2.07. The van der Waals surface area contributed by atoms with Crippen LogP contribution in [0.2, 0.25) is 0 Å². The summed E-state index contributed by atoms with van der Waals surface area (Å²) in [6.45, 7) is 0. The van der Waals surface area contributed by atoms with Crippen LogP contribution in [-0.2, 0) is 0 Å². The number of nitrogens with one attached hydrogen (secondary N) is 1. The van der Waals surface area contributed by atoms with Crippen LogP contribution < -0.4 is 0 Å². The van der Waals surface area contributed by atoms with E-state index in [1.165, 1.54) is 12.1 Å². The number of nitro groups is 2. The predicted molar refractivity (Wildman–Crippen MR) is 87.9 cm³/mol. The van der Waals surface area contributed by atoms with Gasteiger partial charge >= 0.3 is 0 Å². The molecule has 3 aromatic rings. The van der Waals surface area contributed by atoms with Crippen molar-refractivity contribution in [2.24, 2.45) is 0 Å². The largest absolute Gasteiger partial charge is 0.333 e. The van der Waals surface area contributed by atoms with Crippen LogP contribution in [0.1, 0.15) is 0 Å². The summed E-state index contributed by atoms with van der Waals surface area (Å²) in [4.78, 5) is 28.2. The topological polar surface area (TPSA) is 115 Å². The van der Waals surface area contributed by atoms with Crippen LogP contribution in [0.5, 0.6) is 0 Å². The first-order valence-electron chi connectivity index (χ1n) is 6.75. The third-order valence-electron chi connectivity index (χ3n) is 3.19. The lowest BCUT2D eigenvalue weighted by Crippen LogP contribution is -1.94. The first kappa shape index (κ1) is 15.7. The molecule has 8 nitrogen and oxygen atoms in total. The molecule has 0 radical (unpaired) electrons. The highest BCUT2D eigenvalue weighted by Gasteiger charge is 2.21. The maximum Gasteiger partial charge on any atom is 0.290 e.